The molecule has 0 aromatic carbocycles. The van der Waals surface area contributed by atoms with Gasteiger partial charge in [0, 0.05) is 38.3 Å². The molecule has 74 valence electrons. The van der Waals surface area contributed by atoms with Crippen LogP contribution in [0.4, 0.5) is 5.82 Å². The number of carbonyl (C=O) groups excluding carboxylic acids is 1. The van der Waals surface area contributed by atoms with E-state index in [0.29, 0.717) is 19.5 Å². The van der Waals surface area contributed by atoms with Crippen LogP contribution in [0.25, 0.3) is 0 Å². The molecule has 0 atom stereocenters. The van der Waals surface area contributed by atoms with E-state index in [0.717, 1.165) is 11.4 Å². The van der Waals surface area contributed by atoms with Crippen LogP contribution in [-0.4, -0.2) is 29.4 Å². The predicted octanol–water partition coefficient (Wildman–Crippen LogP) is 0.856. The van der Waals surface area contributed by atoms with Crippen LogP contribution in [0.2, 0.25) is 0 Å². The minimum absolute atomic E-state index is 0.173. The third kappa shape index (κ3) is 1.69. The van der Waals surface area contributed by atoms with Gasteiger partial charge in [-0.1, -0.05) is 6.07 Å². The summed E-state index contributed by atoms with van der Waals surface area (Å²) >= 11 is 0. The summed E-state index contributed by atoms with van der Waals surface area (Å²) in [6.45, 7) is 1.29. The third-order valence-electron chi connectivity index (χ3n) is 2.36. The summed E-state index contributed by atoms with van der Waals surface area (Å²) in [4.78, 5) is 17.4. The van der Waals surface area contributed by atoms with Crippen LogP contribution >= 0.6 is 0 Å². The molecule has 0 bridgehead atoms. The van der Waals surface area contributed by atoms with Crippen molar-refractivity contribution in [3.05, 3.63) is 23.9 Å². The van der Waals surface area contributed by atoms with E-state index >= 15 is 0 Å². The van der Waals surface area contributed by atoms with E-state index in [-0.39, 0.29) is 5.91 Å². The topological polar surface area (TPSA) is 45.2 Å². The van der Waals surface area contributed by atoms with Crippen molar-refractivity contribution < 1.29 is 4.79 Å². The minimum Gasteiger partial charge on any atom is -0.369 e. The van der Waals surface area contributed by atoms with Gasteiger partial charge in [0.25, 0.3) is 0 Å². The summed E-state index contributed by atoms with van der Waals surface area (Å²) in [5.41, 5.74) is 1.07. The normalized spacial score (nSPS) is 16.6. The van der Waals surface area contributed by atoms with Gasteiger partial charge in [0.2, 0.25) is 5.91 Å². The second-order valence-electron chi connectivity index (χ2n) is 3.44. The van der Waals surface area contributed by atoms with Crippen LogP contribution in [0.1, 0.15) is 12.0 Å². The van der Waals surface area contributed by atoms with E-state index < -0.39 is 0 Å². The van der Waals surface area contributed by atoms with E-state index in [1.165, 1.54) is 0 Å². The lowest BCUT2D eigenvalue weighted by atomic mass is 10.2. The van der Waals surface area contributed by atoms with E-state index in [1.807, 2.05) is 19.2 Å². The fourth-order valence-electron chi connectivity index (χ4n) is 1.55. The number of nitrogens with zero attached hydrogens (tertiary/aromatic N) is 2. The van der Waals surface area contributed by atoms with Crippen molar-refractivity contribution in [3.63, 3.8) is 0 Å². The Morgan fingerprint density at radius 1 is 1.57 bits per heavy atom. The molecular weight excluding hydrogens is 178 g/mol. The number of nitrogens with one attached hydrogen (secondary N) is 1. The number of anilines is 1. The van der Waals surface area contributed by atoms with Crippen LogP contribution in [0.5, 0.6) is 0 Å². The fraction of sp³-hybridized carbons (Fsp3) is 0.400. The van der Waals surface area contributed by atoms with Crippen molar-refractivity contribution >= 4 is 11.7 Å². The first-order valence-corrected chi connectivity index (χ1v) is 4.69. The fourth-order valence-corrected chi connectivity index (χ4v) is 1.55. The Morgan fingerprint density at radius 2 is 2.43 bits per heavy atom. The number of amides is 1. The molecule has 2 heterocycles. The molecule has 1 aromatic heterocycles. The Balaban J connectivity index is 2.29. The highest BCUT2D eigenvalue weighted by Crippen LogP contribution is 2.15. The molecular formula is C10H13N3O. The molecule has 1 amide bonds. The molecule has 2 rings (SSSR count). The van der Waals surface area contributed by atoms with Gasteiger partial charge in [0.15, 0.2) is 0 Å². The van der Waals surface area contributed by atoms with Crippen molar-refractivity contribution in [2.75, 3.05) is 18.9 Å². The maximum atomic E-state index is 11.4. The summed E-state index contributed by atoms with van der Waals surface area (Å²) in [6.07, 6.45) is 2.29. The maximum Gasteiger partial charge on any atom is 0.224 e. The number of pyridine rings is 1. The lowest BCUT2D eigenvalue weighted by molar-refractivity contribution is -0.130. The molecule has 0 saturated carbocycles. The zero-order valence-corrected chi connectivity index (χ0v) is 8.16. The molecule has 0 aliphatic carbocycles. The number of rotatable bonds is 0. The van der Waals surface area contributed by atoms with Crippen molar-refractivity contribution in [1.29, 1.82) is 0 Å². The van der Waals surface area contributed by atoms with Gasteiger partial charge in [-0.15, -0.1) is 0 Å². The summed E-state index contributed by atoms with van der Waals surface area (Å²) in [5, 5.41) is 3.16. The zero-order valence-electron chi connectivity index (χ0n) is 8.16. The molecule has 14 heavy (non-hydrogen) atoms. The Bertz CT molecular complexity index is 351. The molecule has 1 aliphatic heterocycles. The SMILES string of the molecule is CN1Cc2cccnc2NCCC1=O. The first-order chi connectivity index (χ1) is 6.77. The van der Waals surface area contributed by atoms with Gasteiger partial charge in [0.05, 0.1) is 0 Å². The second kappa shape index (κ2) is 3.65. The van der Waals surface area contributed by atoms with Crippen molar-refractivity contribution in [3.8, 4) is 0 Å². The molecule has 1 N–H and O–H groups in total. The second-order valence-corrected chi connectivity index (χ2v) is 3.44. The van der Waals surface area contributed by atoms with Crippen LogP contribution < -0.4 is 5.32 Å². The van der Waals surface area contributed by atoms with Crippen LogP contribution in [0, 0.1) is 0 Å². The van der Waals surface area contributed by atoms with Gasteiger partial charge >= 0.3 is 0 Å². The Kier molecular flexibility index (Phi) is 2.35. The molecule has 4 nitrogen and oxygen atoms in total. The molecule has 4 heteroatoms. The van der Waals surface area contributed by atoms with E-state index in [4.69, 9.17) is 0 Å². The number of fused-ring (bicyclic) bond motifs is 1. The smallest absolute Gasteiger partial charge is 0.224 e. The summed E-state index contributed by atoms with van der Waals surface area (Å²) in [6, 6.07) is 3.88. The molecule has 0 unspecified atom stereocenters. The number of hydrogen-bond acceptors (Lipinski definition) is 3. The molecule has 0 spiro atoms. The van der Waals surface area contributed by atoms with Crippen LogP contribution in [0.15, 0.2) is 18.3 Å². The van der Waals surface area contributed by atoms with Gasteiger partial charge in [-0.25, -0.2) is 4.98 Å². The zero-order chi connectivity index (χ0) is 9.97. The lowest BCUT2D eigenvalue weighted by Gasteiger charge is -2.22. The summed E-state index contributed by atoms with van der Waals surface area (Å²) in [7, 11) is 1.82. The highest BCUT2D eigenvalue weighted by atomic mass is 16.2. The number of hydrogen-bond donors (Lipinski definition) is 1. The van der Waals surface area contributed by atoms with Crippen LogP contribution in [-0.2, 0) is 11.3 Å². The third-order valence-corrected chi connectivity index (χ3v) is 2.36. The van der Waals surface area contributed by atoms with Gasteiger partial charge < -0.3 is 10.2 Å². The average molecular weight is 191 g/mol. The molecule has 1 aliphatic rings. The largest absolute Gasteiger partial charge is 0.369 e. The van der Waals surface area contributed by atoms with Crippen molar-refractivity contribution in [2.45, 2.75) is 13.0 Å². The van der Waals surface area contributed by atoms with Crippen LogP contribution in [0.3, 0.4) is 0 Å². The summed E-state index contributed by atoms with van der Waals surface area (Å²) in [5.74, 6) is 1.07. The Labute approximate surface area is 82.9 Å². The van der Waals surface area contributed by atoms with Gasteiger partial charge in [-0.3, -0.25) is 4.79 Å². The van der Waals surface area contributed by atoms with E-state index in [9.17, 15) is 4.79 Å². The van der Waals surface area contributed by atoms with Gasteiger partial charge in [-0.2, -0.15) is 0 Å². The number of aromatic nitrogens is 1. The van der Waals surface area contributed by atoms with E-state index in [2.05, 4.69) is 10.3 Å². The lowest BCUT2D eigenvalue weighted by Crippen LogP contribution is -2.30. The standard InChI is InChI=1S/C10H13N3O/c1-13-7-8-3-2-5-11-10(8)12-6-4-9(13)14/h2-3,5H,4,6-7H2,1H3,(H,11,12). The first kappa shape index (κ1) is 8.99. The quantitative estimate of drug-likeness (QED) is 0.661. The maximum absolute atomic E-state index is 11.4. The monoisotopic (exact) mass is 191 g/mol. The predicted molar refractivity (Wildman–Crippen MR) is 53.8 cm³/mol. The Hall–Kier alpha value is -1.58. The van der Waals surface area contributed by atoms with Gasteiger partial charge in [-0.05, 0) is 6.07 Å². The molecule has 0 radical (unpaired) electrons. The van der Waals surface area contributed by atoms with E-state index in [1.54, 1.807) is 11.1 Å². The van der Waals surface area contributed by atoms with Crippen molar-refractivity contribution in [2.24, 2.45) is 0 Å². The first-order valence-electron chi connectivity index (χ1n) is 4.69. The summed E-state index contributed by atoms with van der Waals surface area (Å²) < 4.78 is 0. The highest BCUT2D eigenvalue weighted by Gasteiger charge is 2.14. The highest BCUT2D eigenvalue weighted by molar-refractivity contribution is 5.77. The Morgan fingerprint density at radius 3 is 3.29 bits per heavy atom. The number of carbonyl (C=O) groups is 1. The molecule has 1 aromatic rings. The average Bonchev–Trinajstić information content (AvgIpc) is 2.18. The molecule has 0 fully saturated rings. The van der Waals surface area contributed by atoms with Crippen molar-refractivity contribution in [1.82, 2.24) is 9.88 Å². The molecule has 0 saturated heterocycles. The van der Waals surface area contributed by atoms with Gasteiger partial charge in [0.1, 0.15) is 5.82 Å². The minimum atomic E-state index is 0.173.